The summed E-state index contributed by atoms with van der Waals surface area (Å²) in [6.45, 7) is 2.30. The predicted octanol–water partition coefficient (Wildman–Crippen LogP) is 3.59. The van der Waals surface area contributed by atoms with Crippen LogP contribution in [0.3, 0.4) is 0 Å². The molecule has 0 aliphatic heterocycles. The zero-order valence-electron chi connectivity index (χ0n) is 13.6. The van der Waals surface area contributed by atoms with E-state index in [-0.39, 0.29) is 5.91 Å². The first-order chi connectivity index (χ1) is 11.7. The normalized spacial score (nSPS) is 10.4. The van der Waals surface area contributed by atoms with Crippen molar-refractivity contribution in [1.82, 2.24) is 10.5 Å². The van der Waals surface area contributed by atoms with Crippen LogP contribution in [0.25, 0.3) is 11.3 Å². The first kappa shape index (κ1) is 15.8. The van der Waals surface area contributed by atoms with Crippen LogP contribution < -0.4 is 10.1 Å². The Morgan fingerprint density at radius 3 is 2.50 bits per heavy atom. The first-order valence-corrected chi connectivity index (χ1v) is 7.60. The number of aryl methyl sites for hydroxylation is 1. The molecule has 0 radical (unpaired) electrons. The average Bonchev–Trinajstić information content (AvgIpc) is 3.09. The van der Waals surface area contributed by atoms with Gasteiger partial charge in [-0.25, -0.2) is 0 Å². The lowest BCUT2D eigenvalue weighted by Gasteiger charge is -2.03. The van der Waals surface area contributed by atoms with Crippen molar-refractivity contribution in [3.05, 3.63) is 71.4 Å². The van der Waals surface area contributed by atoms with Crippen molar-refractivity contribution < 1.29 is 14.1 Å². The van der Waals surface area contributed by atoms with E-state index >= 15 is 0 Å². The molecule has 0 saturated heterocycles. The van der Waals surface area contributed by atoms with Gasteiger partial charge in [-0.1, -0.05) is 22.9 Å². The molecule has 1 amide bonds. The number of amides is 1. The van der Waals surface area contributed by atoms with Crippen molar-refractivity contribution in [1.29, 1.82) is 0 Å². The molecule has 0 unspecified atom stereocenters. The second-order valence-corrected chi connectivity index (χ2v) is 5.46. The number of aromatic nitrogens is 1. The molecule has 1 heterocycles. The number of carbonyl (C=O) groups is 1. The van der Waals surface area contributed by atoms with Gasteiger partial charge in [-0.3, -0.25) is 4.79 Å². The van der Waals surface area contributed by atoms with Crippen molar-refractivity contribution >= 4 is 5.91 Å². The van der Waals surface area contributed by atoms with E-state index in [1.54, 1.807) is 19.2 Å². The second kappa shape index (κ2) is 7.00. The molecular weight excluding hydrogens is 304 g/mol. The summed E-state index contributed by atoms with van der Waals surface area (Å²) in [7, 11) is 1.62. The zero-order valence-corrected chi connectivity index (χ0v) is 13.6. The second-order valence-electron chi connectivity index (χ2n) is 5.46. The van der Waals surface area contributed by atoms with Crippen molar-refractivity contribution in [2.24, 2.45) is 0 Å². The SMILES string of the molecule is COc1ccc(-c2cc(CNC(=O)c3ccc(C)cc3)no2)cc1. The fourth-order valence-corrected chi connectivity index (χ4v) is 2.26. The van der Waals surface area contributed by atoms with E-state index in [9.17, 15) is 4.79 Å². The molecule has 5 nitrogen and oxygen atoms in total. The van der Waals surface area contributed by atoms with Crippen LogP contribution in [0.4, 0.5) is 0 Å². The summed E-state index contributed by atoms with van der Waals surface area (Å²) in [5.41, 5.74) is 3.31. The third-order valence-corrected chi connectivity index (χ3v) is 3.68. The molecule has 24 heavy (non-hydrogen) atoms. The largest absolute Gasteiger partial charge is 0.497 e. The summed E-state index contributed by atoms with van der Waals surface area (Å²) in [5.74, 6) is 1.30. The number of hydrogen-bond donors (Lipinski definition) is 1. The van der Waals surface area contributed by atoms with Gasteiger partial charge in [0.2, 0.25) is 0 Å². The Hall–Kier alpha value is -3.08. The monoisotopic (exact) mass is 322 g/mol. The molecule has 0 aliphatic rings. The minimum atomic E-state index is -0.135. The van der Waals surface area contributed by atoms with E-state index < -0.39 is 0 Å². The Morgan fingerprint density at radius 2 is 1.83 bits per heavy atom. The van der Waals surface area contributed by atoms with Gasteiger partial charge in [-0.05, 0) is 43.3 Å². The minimum absolute atomic E-state index is 0.135. The molecule has 2 aromatic carbocycles. The fourth-order valence-electron chi connectivity index (χ4n) is 2.26. The molecule has 0 atom stereocenters. The van der Waals surface area contributed by atoms with Gasteiger partial charge < -0.3 is 14.6 Å². The summed E-state index contributed by atoms with van der Waals surface area (Å²) < 4.78 is 10.5. The standard InChI is InChI=1S/C19H18N2O3/c1-13-3-5-15(6-4-13)19(22)20-12-16-11-18(24-21-16)14-7-9-17(23-2)10-8-14/h3-11H,12H2,1-2H3,(H,20,22). The number of hydrogen-bond acceptors (Lipinski definition) is 4. The van der Waals surface area contributed by atoms with E-state index in [0.717, 1.165) is 16.9 Å². The molecule has 1 aromatic heterocycles. The average molecular weight is 322 g/mol. The molecule has 0 bridgehead atoms. The third-order valence-electron chi connectivity index (χ3n) is 3.68. The van der Waals surface area contributed by atoms with Crippen LogP contribution in [0.2, 0.25) is 0 Å². The third kappa shape index (κ3) is 3.63. The summed E-state index contributed by atoms with van der Waals surface area (Å²) >= 11 is 0. The summed E-state index contributed by atoms with van der Waals surface area (Å²) in [4.78, 5) is 12.1. The van der Waals surface area contributed by atoms with Crippen molar-refractivity contribution in [3.8, 4) is 17.1 Å². The van der Waals surface area contributed by atoms with E-state index in [2.05, 4.69) is 10.5 Å². The van der Waals surface area contributed by atoms with E-state index in [4.69, 9.17) is 9.26 Å². The highest BCUT2D eigenvalue weighted by Gasteiger charge is 2.09. The molecule has 0 fully saturated rings. The van der Waals surface area contributed by atoms with Gasteiger partial charge in [-0.15, -0.1) is 0 Å². The summed E-state index contributed by atoms with van der Waals surface area (Å²) in [5, 5.41) is 6.83. The van der Waals surface area contributed by atoms with Gasteiger partial charge in [0.05, 0.1) is 13.7 Å². The molecular formula is C19H18N2O3. The Labute approximate surface area is 140 Å². The van der Waals surface area contributed by atoms with Crippen LogP contribution in [0.15, 0.2) is 59.1 Å². The Balaban J connectivity index is 1.63. The number of nitrogens with one attached hydrogen (secondary N) is 1. The van der Waals surface area contributed by atoms with Crippen LogP contribution in [0.1, 0.15) is 21.6 Å². The number of methoxy groups -OCH3 is 1. The summed E-state index contributed by atoms with van der Waals surface area (Å²) in [6, 6.07) is 16.7. The van der Waals surface area contributed by atoms with Crippen LogP contribution in [0, 0.1) is 6.92 Å². The molecule has 0 saturated carbocycles. The van der Waals surface area contributed by atoms with Gasteiger partial charge in [0.1, 0.15) is 11.4 Å². The van der Waals surface area contributed by atoms with E-state index in [1.807, 2.05) is 49.4 Å². The minimum Gasteiger partial charge on any atom is -0.497 e. The lowest BCUT2D eigenvalue weighted by molar-refractivity contribution is 0.0950. The molecule has 3 aromatic rings. The van der Waals surface area contributed by atoms with Gasteiger partial charge in [-0.2, -0.15) is 0 Å². The first-order valence-electron chi connectivity index (χ1n) is 7.60. The van der Waals surface area contributed by atoms with Crippen LogP contribution in [-0.2, 0) is 6.54 Å². The van der Waals surface area contributed by atoms with Crippen molar-refractivity contribution in [2.45, 2.75) is 13.5 Å². The Bertz CT molecular complexity index is 821. The van der Waals surface area contributed by atoms with Crippen LogP contribution in [0.5, 0.6) is 5.75 Å². The van der Waals surface area contributed by atoms with Crippen LogP contribution >= 0.6 is 0 Å². The topological polar surface area (TPSA) is 64.4 Å². The smallest absolute Gasteiger partial charge is 0.251 e. The molecule has 0 spiro atoms. The quantitative estimate of drug-likeness (QED) is 0.779. The highest BCUT2D eigenvalue weighted by molar-refractivity contribution is 5.94. The Morgan fingerprint density at radius 1 is 1.12 bits per heavy atom. The highest BCUT2D eigenvalue weighted by atomic mass is 16.5. The number of benzene rings is 2. The highest BCUT2D eigenvalue weighted by Crippen LogP contribution is 2.23. The molecule has 5 heteroatoms. The fraction of sp³-hybridized carbons (Fsp3) is 0.158. The Kier molecular flexibility index (Phi) is 4.61. The maximum atomic E-state index is 12.1. The lowest BCUT2D eigenvalue weighted by Crippen LogP contribution is -2.22. The van der Waals surface area contributed by atoms with Gasteiger partial charge >= 0.3 is 0 Å². The van der Waals surface area contributed by atoms with Gasteiger partial charge in [0.25, 0.3) is 5.91 Å². The molecule has 122 valence electrons. The number of nitrogens with zero attached hydrogens (tertiary/aromatic N) is 1. The summed E-state index contributed by atoms with van der Waals surface area (Å²) in [6.07, 6.45) is 0. The van der Waals surface area contributed by atoms with Gasteiger partial charge in [0.15, 0.2) is 5.76 Å². The van der Waals surface area contributed by atoms with Crippen molar-refractivity contribution in [2.75, 3.05) is 7.11 Å². The van der Waals surface area contributed by atoms with Gasteiger partial charge in [0, 0.05) is 17.2 Å². The maximum Gasteiger partial charge on any atom is 0.251 e. The van der Waals surface area contributed by atoms with E-state index in [0.29, 0.717) is 23.6 Å². The molecule has 3 rings (SSSR count). The number of carbonyl (C=O) groups excluding carboxylic acids is 1. The predicted molar refractivity (Wildman–Crippen MR) is 90.8 cm³/mol. The lowest BCUT2D eigenvalue weighted by atomic mass is 10.1. The molecule has 0 aliphatic carbocycles. The molecule has 1 N–H and O–H groups in total. The van der Waals surface area contributed by atoms with E-state index in [1.165, 1.54) is 0 Å². The maximum absolute atomic E-state index is 12.1. The van der Waals surface area contributed by atoms with Crippen LogP contribution in [-0.4, -0.2) is 18.2 Å². The zero-order chi connectivity index (χ0) is 16.9. The van der Waals surface area contributed by atoms with Crippen molar-refractivity contribution in [3.63, 3.8) is 0 Å². The number of ether oxygens (including phenoxy) is 1. The number of rotatable bonds is 5.